The molecule has 0 spiro atoms. The molecule has 0 saturated carbocycles. The van der Waals surface area contributed by atoms with Gasteiger partial charge in [-0.3, -0.25) is 9.59 Å². The van der Waals surface area contributed by atoms with Crippen molar-refractivity contribution in [2.24, 2.45) is 0 Å². The molecule has 2 atom stereocenters. The fraction of sp³-hybridized carbons (Fsp3) is 0.333. The van der Waals surface area contributed by atoms with Gasteiger partial charge in [0.25, 0.3) is 0 Å². The molecule has 3 rings (SSSR count). The number of amides is 2. The quantitative estimate of drug-likeness (QED) is 0.286. The van der Waals surface area contributed by atoms with E-state index in [9.17, 15) is 18.0 Å². The molecule has 0 unspecified atom stereocenters. The van der Waals surface area contributed by atoms with Crippen LogP contribution in [0.5, 0.6) is 0 Å². The van der Waals surface area contributed by atoms with Gasteiger partial charge < -0.3 is 10.2 Å². The highest BCUT2D eigenvalue weighted by molar-refractivity contribution is 7.90. The van der Waals surface area contributed by atoms with Gasteiger partial charge in [-0.2, -0.15) is 12.7 Å². The number of anilines is 1. The lowest BCUT2D eigenvalue weighted by atomic mass is 10.0. The van der Waals surface area contributed by atoms with Crippen LogP contribution in [0.15, 0.2) is 78.9 Å². The molecule has 220 valence electrons. The molecule has 0 aromatic heterocycles. The van der Waals surface area contributed by atoms with Crippen molar-refractivity contribution < 1.29 is 18.0 Å². The molecule has 11 heteroatoms. The van der Waals surface area contributed by atoms with Gasteiger partial charge in [0.15, 0.2) is 0 Å². The lowest BCUT2D eigenvalue weighted by molar-refractivity contribution is -0.140. The monoisotopic (exact) mass is 618 g/mol. The number of nitrogens with zero attached hydrogens (tertiary/aromatic N) is 3. The van der Waals surface area contributed by atoms with Crippen LogP contribution in [0.25, 0.3) is 0 Å². The number of benzene rings is 3. The standard InChI is InChI=1S/C30H36Cl2N4O4S/c1-5-22(2)33-30(38)28(19-23-12-8-6-9-13-23)35(20-24-16-17-26(31)27(32)18-24)29(37)21-36(41(39,40)34(3)4)25-14-10-7-11-15-25/h6-18,22,28H,5,19-21H2,1-4H3,(H,33,38)/t22-,28+/m1/s1. The molecular weight excluding hydrogens is 583 g/mol. The number of carbonyl (C=O) groups excluding carboxylic acids is 2. The Hall–Kier alpha value is -3.11. The van der Waals surface area contributed by atoms with E-state index in [-0.39, 0.29) is 24.9 Å². The van der Waals surface area contributed by atoms with Gasteiger partial charge in [-0.25, -0.2) is 4.31 Å². The van der Waals surface area contributed by atoms with E-state index in [1.54, 1.807) is 48.5 Å². The van der Waals surface area contributed by atoms with E-state index in [1.165, 1.54) is 19.0 Å². The zero-order valence-corrected chi connectivity index (χ0v) is 26.0. The largest absolute Gasteiger partial charge is 0.352 e. The average Bonchev–Trinajstić information content (AvgIpc) is 2.95. The van der Waals surface area contributed by atoms with E-state index in [2.05, 4.69) is 5.32 Å². The predicted octanol–water partition coefficient (Wildman–Crippen LogP) is 5.16. The summed E-state index contributed by atoms with van der Waals surface area (Å²) in [7, 11) is -1.25. The minimum atomic E-state index is -4.05. The van der Waals surface area contributed by atoms with Crippen LogP contribution in [0, 0.1) is 0 Å². The summed E-state index contributed by atoms with van der Waals surface area (Å²) in [6.45, 7) is 3.34. The van der Waals surface area contributed by atoms with Crippen molar-refractivity contribution in [2.75, 3.05) is 24.9 Å². The average molecular weight is 620 g/mol. The Morgan fingerprint density at radius 3 is 2.05 bits per heavy atom. The van der Waals surface area contributed by atoms with Crippen molar-refractivity contribution >= 4 is 50.9 Å². The van der Waals surface area contributed by atoms with Crippen molar-refractivity contribution in [3.63, 3.8) is 0 Å². The number of para-hydroxylation sites is 1. The number of rotatable bonds is 13. The van der Waals surface area contributed by atoms with Gasteiger partial charge in [0.1, 0.15) is 12.6 Å². The van der Waals surface area contributed by atoms with Crippen LogP contribution in [0.2, 0.25) is 10.0 Å². The first kappa shape index (κ1) is 32.4. The Kier molecular flexibility index (Phi) is 11.6. The highest BCUT2D eigenvalue weighted by atomic mass is 35.5. The smallest absolute Gasteiger partial charge is 0.304 e. The maximum atomic E-state index is 14.2. The SMILES string of the molecule is CC[C@@H](C)NC(=O)[C@H](Cc1ccccc1)N(Cc1ccc(Cl)c(Cl)c1)C(=O)CN(c1ccccc1)S(=O)(=O)N(C)C. The number of carbonyl (C=O) groups is 2. The van der Waals surface area contributed by atoms with Gasteiger partial charge in [0, 0.05) is 33.1 Å². The topological polar surface area (TPSA) is 90.0 Å². The maximum absolute atomic E-state index is 14.2. The molecule has 1 N–H and O–H groups in total. The molecule has 0 saturated heterocycles. The molecule has 0 aliphatic heterocycles. The third-order valence-corrected chi connectivity index (χ3v) is 9.23. The first-order valence-corrected chi connectivity index (χ1v) is 15.4. The molecule has 0 aliphatic rings. The highest BCUT2D eigenvalue weighted by Crippen LogP contribution is 2.25. The molecule has 2 amide bonds. The van der Waals surface area contributed by atoms with Gasteiger partial charge in [-0.15, -0.1) is 0 Å². The number of nitrogens with one attached hydrogen (secondary N) is 1. The van der Waals surface area contributed by atoms with Gasteiger partial charge in [-0.05, 0) is 48.7 Å². The van der Waals surface area contributed by atoms with Crippen molar-refractivity contribution in [3.8, 4) is 0 Å². The summed E-state index contributed by atoms with van der Waals surface area (Å²) in [4.78, 5) is 29.4. The second-order valence-electron chi connectivity index (χ2n) is 9.93. The first-order valence-electron chi connectivity index (χ1n) is 13.3. The summed E-state index contributed by atoms with van der Waals surface area (Å²) in [6.07, 6.45) is 0.926. The number of hydrogen-bond acceptors (Lipinski definition) is 4. The van der Waals surface area contributed by atoms with Crippen molar-refractivity contribution in [1.29, 1.82) is 0 Å². The third-order valence-electron chi connectivity index (χ3n) is 6.67. The van der Waals surface area contributed by atoms with E-state index < -0.39 is 28.7 Å². The third kappa shape index (κ3) is 8.69. The van der Waals surface area contributed by atoms with Crippen LogP contribution < -0.4 is 9.62 Å². The number of halogens is 2. The maximum Gasteiger partial charge on any atom is 0.304 e. The zero-order valence-electron chi connectivity index (χ0n) is 23.6. The molecule has 0 fully saturated rings. The van der Waals surface area contributed by atoms with E-state index in [1.807, 2.05) is 44.2 Å². The number of hydrogen-bond donors (Lipinski definition) is 1. The molecule has 0 heterocycles. The summed E-state index contributed by atoms with van der Waals surface area (Å²) in [5, 5.41) is 3.67. The van der Waals surface area contributed by atoms with Crippen LogP contribution >= 0.6 is 23.2 Å². The fourth-order valence-electron chi connectivity index (χ4n) is 4.14. The molecule has 3 aromatic carbocycles. The van der Waals surface area contributed by atoms with Crippen LogP contribution in [0.4, 0.5) is 5.69 Å². The Bertz CT molecular complexity index is 1420. The summed E-state index contributed by atoms with van der Waals surface area (Å²) < 4.78 is 28.9. The molecule has 0 aliphatic carbocycles. The van der Waals surface area contributed by atoms with Crippen LogP contribution in [0.1, 0.15) is 31.4 Å². The van der Waals surface area contributed by atoms with Crippen LogP contribution in [-0.2, 0) is 32.8 Å². The lowest BCUT2D eigenvalue weighted by Gasteiger charge is -2.35. The molecule has 0 radical (unpaired) electrons. The van der Waals surface area contributed by atoms with E-state index in [4.69, 9.17) is 23.2 Å². The Labute approximate surface area is 253 Å². The second-order valence-corrected chi connectivity index (χ2v) is 12.8. The minimum absolute atomic E-state index is 0.00574. The predicted molar refractivity (Wildman–Crippen MR) is 165 cm³/mol. The van der Waals surface area contributed by atoms with Crippen LogP contribution in [0.3, 0.4) is 0 Å². The Morgan fingerprint density at radius 2 is 1.49 bits per heavy atom. The van der Waals surface area contributed by atoms with E-state index >= 15 is 0 Å². The Morgan fingerprint density at radius 1 is 0.878 bits per heavy atom. The minimum Gasteiger partial charge on any atom is -0.352 e. The highest BCUT2D eigenvalue weighted by Gasteiger charge is 2.35. The Balaban J connectivity index is 2.10. The van der Waals surface area contributed by atoms with Crippen LogP contribution in [-0.4, -0.2) is 62.2 Å². The first-order chi connectivity index (χ1) is 19.4. The molecule has 0 bridgehead atoms. The van der Waals surface area contributed by atoms with Gasteiger partial charge in [-0.1, -0.05) is 84.7 Å². The molecule has 3 aromatic rings. The molecule has 8 nitrogen and oxygen atoms in total. The zero-order chi connectivity index (χ0) is 30.2. The van der Waals surface area contributed by atoms with Crippen molar-refractivity contribution in [3.05, 3.63) is 100 Å². The van der Waals surface area contributed by atoms with Crippen molar-refractivity contribution in [1.82, 2.24) is 14.5 Å². The van der Waals surface area contributed by atoms with E-state index in [0.29, 0.717) is 27.7 Å². The van der Waals surface area contributed by atoms with Gasteiger partial charge in [0.05, 0.1) is 15.7 Å². The molecular formula is C30H36Cl2N4O4S. The van der Waals surface area contributed by atoms with Gasteiger partial charge in [0.2, 0.25) is 11.8 Å². The van der Waals surface area contributed by atoms with E-state index in [0.717, 1.165) is 14.2 Å². The van der Waals surface area contributed by atoms with Crippen molar-refractivity contribution in [2.45, 2.75) is 45.3 Å². The second kappa shape index (κ2) is 14.7. The summed E-state index contributed by atoms with van der Waals surface area (Å²) >= 11 is 12.4. The summed E-state index contributed by atoms with van der Waals surface area (Å²) in [6, 6.07) is 21.7. The lowest BCUT2D eigenvalue weighted by Crippen LogP contribution is -2.55. The molecule has 41 heavy (non-hydrogen) atoms. The van der Waals surface area contributed by atoms with Gasteiger partial charge >= 0.3 is 10.2 Å². The normalized spacial score (nSPS) is 13.0. The summed E-state index contributed by atoms with van der Waals surface area (Å²) in [5.41, 5.74) is 1.82. The fourth-order valence-corrected chi connectivity index (χ4v) is 5.52. The summed E-state index contributed by atoms with van der Waals surface area (Å²) in [5.74, 6) is -0.885.